The number of hydrogen-bond acceptors (Lipinski definition) is 17. The maximum absolute atomic E-state index is 13.8. The van der Waals surface area contributed by atoms with E-state index < -0.39 is 96.1 Å². The number of hydrogen-bond donors (Lipinski definition) is 9. The van der Waals surface area contributed by atoms with Crippen LogP contribution in [-0.4, -0.2) is 128 Å². The molecule has 2 fully saturated rings. The molecular formula is C29H34O17. The van der Waals surface area contributed by atoms with Gasteiger partial charge in [-0.3, -0.25) is 4.79 Å². The Labute approximate surface area is 259 Å². The van der Waals surface area contributed by atoms with Crippen molar-refractivity contribution >= 4 is 11.0 Å². The molecule has 2 saturated heterocycles. The van der Waals surface area contributed by atoms with E-state index >= 15 is 0 Å². The summed E-state index contributed by atoms with van der Waals surface area (Å²) in [6.45, 7) is 0.824. The van der Waals surface area contributed by atoms with E-state index in [1.165, 1.54) is 33.3 Å². The molecule has 0 radical (unpaired) electrons. The van der Waals surface area contributed by atoms with Crippen LogP contribution in [0.25, 0.3) is 22.3 Å². The Morgan fingerprint density at radius 3 is 2.00 bits per heavy atom. The number of benzene rings is 2. The second-order valence-electron chi connectivity index (χ2n) is 10.8. The first kappa shape index (κ1) is 33.5. The summed E-state index contributed by atoms with van der Waals surface area (Å²) in [5, 5.41) is 92.7. The lowest BCUT2D eigenvalue weighted by Gasteiger charge is -2.42. The van der Waals surface area contributed by atoms with E-state index in [-0.39, 0.29) is 34.2 Å². The highest BCUT2D eigenvalue weighted by Gasteiger charge is 2.48. The zero-order valence-corrected chi connectivity index (χ0v) is 24.6. The first-order valence-electron chi connectivity index (χ1n) is 13.9. The number of fused-ring (bicyclic) bond motifs is 1. The van der Waals surface area contributed by atoms with Gasteiger partial charge in [-0.2, -0.15) is 0 Å². The van der Waals surface area contributed by atoms with Gasteiger partial charge in [-0.05, 0) is 19.1 Å². The monoisotopic (exact) mass is 654 g/mol. The van der Waals surface area contributed by atoms with Crippen LogP contribution in [-0.2, 0) is 14.2 Å². The predicted octanol–water partition coefficient (Wildman–Crippen LogP) is -1.38. The molecule has 3 heterocycles. The second-order valence-corrected chi connectivity index (χ2v) is 10.8. The molecule has 0 bridgehead atoms. The van der Waals surface area contributed by atoms with Crippen LogP contribution in [0.3, 0.4) is 0 Å². The maximum Gasteiger partial charge on any atom is 0.239 e. The SMILES string of the molecule is COc1cc(-c2oc3cc(O)cc(O)c3c(=O)c2O[C@@H]2O[C@H](CO[C@@H]3O[C@@H](C)[C@H](O)[C@@H](O)[C@@H]3O)[C@@H](O)[C@H](O)[C@H]2O)cc(OC)c1O. The molecule has 5 rings (SSSR count). The number of aromatic hydroxyl groups is 3. The lowest BCUT2D eigenvalue weighted by Crippen LogP contribution is -2.61. The Kier molecular flexibility index (Phi) is 9.50. The van der Waals surface area contributed by atoms with Gasteiger partial charge in [-0.1, -0.05) is 0 Å². The molecule has 0 aliphatic carbocycles. The molecule has 10 atom stereocenters. The molecule has 17 nitrogen and oxygen atoms in total. The van der Waals surface area contributed by atoms with E-state index in [4.69, 9.17) is 32.8 Å². The summed E-state index contributed by atoms with van der Waals surface area (Å²) >= 11 is 0. The van der Waals surface area contributed by atoms with Crippen molar-refractivity contribution in [1.82, 2.24) is 0 Å². The van der Waals surface area contributed by atoms with Gasteiger partial charge in [0.2, 0.25) is 23.2 Å². The van der Waals surface area contributed by atoms with Crippen molar-refractivity contribution in [2.75, 3.05) is 20.8 Å². The number of phenolic OH excluding ortho intramolecular Hbond substituents is 3. The summed E-state index contributed by atoms with van der Waals surface area (Å²) in [5.74, 6) is -2.76. The fraction of sp³-hybridized carbons (Fsp3) is 0.483. The van der Waals surface area contributed by atoms with E-state index in [0.717, 1.165) is 12.1 Å². The number of ether oxygens (including phenoxy) is 6. The summed E-state index contributed by atoms with van der Waals surface area (Å²) in [7, 11) is 2.51. The number of aliphatic hydroxyl groups is 6. The lowest BCUT2D eigenvalue weighted by molar-refractivity contribution is -0.318. The van der Waals surface area contributed by atoms with Crippen LogP contribution in [0.5, 0.6) is 34.5 Å². The summed E-state index contributed by atoms with van der Waals surface area (Å²) < 4.78 is 38.6. The minimum Gasteiger partial charge on any atom is -0.508 e. The molecular weight excluding hydrogens is 620 g/mol. The van der Waals surface area contributed by atoms with Gasteiger partial charge in [0.05, 0.1) is 26.9 Å². The van der Waals surface area contributed by atoms with Crippen molar-refractivity contribution in [3.8, 4) is 45.8 Å². The average molecular weight is 655 g/mol. The topological polar surface area (TPSA) is 268 Å². The smallest absolute Gasteiger partial charge is 0.239 e. The Balaban J connectivity index is 1.52. The quantitative estimate of drug-likeness (QED) is 0.135. The number of methoxy groups -OCH3 is 2. The second kappa shape index (κ2) is 13.1. The van der Waals surface area contributed by atoms with Gasteiger partial charge in [-0.15, -0.1) is 0 Å². The molecule has 0 amide bonds. The highest BCUT2D eigenvalue weighted by molar-refractivity contribution is 5.88. The maximum atomic E-state index is 13.8. The fourth-order valence-corrected chi connectivity index (χ4v) is 5.20. The molecule has 46 heavy (non-hydrogen) atoms. The van der Waals surface area contributed by atoms with Crippen molar-refractivity contribution in [3.05, 3.63) is 34.5 Å². The van der Waals surface area contributed by atoms with Crippen LogP contribution in [0.4, 0.5) is 0 Å². The zero-order chi connectivity index (χ0) is 33.6. The Morgan fingerprint density at radius 1 is 0.761 bits per heavy atom. The van der Waals surface area contributed by atoms with Crippen LogP contribution in [0.1, 0.15) is 6.92 Å². The van der Waals surface area contributed by atoms with Crippen LogP contribution in [0, 0.1) is 0 Å². The summed E-state index contributed by atoms with van der Waals surface area (Å²) in [6.07, 6.45) is -16.2. The molecule has 2 aliphatic heterocycles. The summed E-state index contributed by atoms with van der Waals surface area (Å²) in [6, 6.07) is 4.45. The third-order valence-corrected chi connectivity index (χ3v) is 7.80. The van der Waals surface area contributed by atoms with Gasteiger partial charge >= 0.3 is 0 Å². The third-order valence-electron chi connectivity index (χ3n) is 7.80. The van der Waals surface area contributed by atoms with Gasteiger partial charge in [0.15, 0.2) is 23.5 Å². The highest BCUT2D eigenvalue weighted by atomic mass is 16.7. The van der Waals surface area contributed by atoms with Gasteiger partial charge in [0.1, 0.15) is 65.2 Å². The molecule has 0 unspecified atom stereocenters. The zero-order valence-electron chi connectivity index (χ0n) is 24.6. The van der Waals surface area contributed by atoms with Crippen molar-refractivity contribution in [1.29, 1.82) is 0 Å². The molecule has 0 saturated carbocycles. The minimum absolute atomic E-state index is 0.0207. The summed E-state index contributed by atoms with van der Waals surface area (Å²) in [5.41, 5.74) is -1.27. The van der Waals surface area contributed by atoms with Crippen LogP contribution in [0.2, 0.25) is 0 Å². The predicted molar refractivity (Wildman–Crippen MR) is 152 cm³/mol. The average Bonchev–Trinajstić information content (AvgIpc) is 3.02. The van der Waals surface area contributed by atoms with Crippen molar-refractivity contribution in [2.45, 2.75) is 68.3 Å². The molecule has 252 valence electrons. The van der Waals surface area contributed by atoms with Crippen molar-refractivity contribution < 1.29 is 78.8 Å². The Bertz CT molecular complexity index is 1600. The van der Waals surface area contributed by atoms with E-state index in [1.54, 1.807) is 0 Å². The van der Waals surface area contributed by atoms with Crippen molar-refractivity contribution in [2.24, 2.45) is 0 Å². The van der Waals surface area contributed by atoms with Crippen LogP contribution in [0.15, 0.2) is 33.5 Å². The van der Waals surface area contributed by atoms with Gasteiger partial charge < -0.3 is 78.8 Å². The molecule has 9 N–H and O–H groups in total. The summed E-state index contributed by atoms with van der Waals surface area (Å²) in [4.78, 5) is 13.8. The lowest BCUT2D eigenvalue weighted by atomic mass is 9.98. The number of rotatable bonds is 8. The molecule has 3 aromatic rings. The van der Waals surface area contributed by atoms with E-state index in [9.17, 15) is 50.8 Å². The number of aliphatic hydroxyl groups excluding tert-OH is 6. The van der Waals surface area contributed by atoms with Gasteiger partial charge in [0, 0.05) is 17.7 Å². The largest absolute Gasteiger partial charge is 0.508 e. The van der Waals surface area contributed by atoms with E-state index in [0.29, 0.717) is 0 Å². The minimum atomic E-state index is -1.97. The molecule has 2 aliphatic rings. The first-order valence-corrected chi connectivity index (χ1v) is 13.9. The van der Waals surface area contributed by atoms with Gasteiger partial charge in [0.25, 0.3) is 0 Å². The number of phenols is 3. The molecule has 0 spiro atoms. The van der Waals surface area contributed by atoms with Gasteiger partial charge in [-0.25, -0.2) is 0 Å². The molecule has 2 aromatic carbocycles. The fourth-order valence-electron chi connectivity index (χ4n) is 5.20. The van der Waals surface area contributed by atoms with Crippen molar-refractivity contribution in [3.63, 3.8) is 0 Å². The third kappa shape index (κ3) is 5.99. The van der Waals surface area contributed by atoms with Crippen LogP contribution >= 0.6 is 0 Å². The molecule has 1 aromatic heterocycles. The molecule has 17 heteroatoms. The standard InChI is InChI=1S/C29H34O17/c1-9-18(32)22(36)24(38)28(43-9)42-8-16-20(34)23(37)25(39)29(45-16)46-27-21(35)17-12(31)6-11(30)7-13(17)44-26(27)10-4-14(40-2)19(33)15(5-10)41-3/h4-7,9,16,18,20,22-25,28-34,36-39H,8H2,1-3H3/t9-,16+,18-,20+,22+,23-,24-,25+,28+,29-/m0/s1. The highest BCUT2D eigenvalue weighted by Crippen LogP contribution is 2.44. The Morgan fingerprint density at radius 2 is 1.37 bits per heavy atom. The van der Waals surface area contributed by atoms with Crippen LogP contribution < -0.4 is 19.6 Å². The van der Waals surface area contributed by atoms with E-state index in [1.807, 2.05) is 0 Å². The van der Waals surface area contributed by atoms with E-state index in [2.05, 4.69) is 0 Å². The Hall–Kier alpha value is -3.91. The first-order chi connectivity index (χ1) is 21.8. The normalized spacial score (nSPS) is 31.5.